The van der Waals surface area contributed by atoms with Gasteiger partial charge in [-0.05, 0) is 26.5 Å². The third-order valence-corrected chi connectivity index (χ3v) is 2.66. The van der Waals surface area contributed by atoms with Crippen LogP contribution in [0.2, 0.25) is 0 Å². The van der Waals surface area contributed by atoms with Gasteiger partial charge < -0.3 is 15.4 Å². The zero-order valence-electron chi connectivity index (χ0n) is 11.4. The predicted molar refractivity (Wildman–Crippen MR) is 72.1 cm³/mol. The molecular formula is C14H24N2O. The molecule has 0 spiro atoms. The van der Waals surface area contributed by atoms with Gasteiger partial charge in [-0.1, -0.05) is 29.3 Å². The third-order valence-electron chi connectivity index (χ3n) is 2.66. The maximum absolute atomic E-state index is 5.93. The molecule has 1 atom stereocenters. The Balaban J connectivity index is 2.52. The Hall–Kier alpha value is -0.900. The molecule has 0 radical (unpaired) electrons. The van der Waals surface area contributed by atoms with Crippen LogP contribution in [0.15, 0.2) is 18.2 Å². The Morgan fingerprint density at radius 3 is 2.35 bits per heavy atom. The topological polar surface area (TPSA) is 38.5 Å². The van der Waals surface area contributed by atoms with Gasteiger partial charge in [-0.2, -0.15) is 0 Å². The summed E-state index contributed by atoms with van der Waals surface area (Å²) >= 11 is 0. The molecule has 1 unspecified atom stereocenters. The lowest BCUT2D eigenvalue weighted by molar-refractivity contribution is 0.160. The molecule has 0 aromatic heterocycles. The van der Waals surface area contributed by atoms with E-state index in [1.807, 2.05) is 0 Å². The van der Waals surface area contributed by atoms with Crippen LogP contribution in [0.3, 0.4) is 0 Å². The van der Waals surface area contributed by atoms with Crippen molar-refractivity contribution in [2.45, 2.75) is 26.4 Å². The number of rotatable bonds is 6. The van der Waals surface area contributed by atoms with Gasteiger partial charge in [0.2, 0.25) is 0 Å². The molecule has 0 aliphatic rings. The molecule has 17 heavy (non-hydrogen) atoms. The normalized spacial score (nSPS) is 13.1. The lowest BCUT2D eigenvalue weighted by Crippen LogP contribution is -2.38. The van der Waals surface area contributed by atoms with Crippen molar-refractivity contribution in [1.29, 1.82) is 0 Å². The van der Waals surface area contributed by atoms with Crippen LogP contribution in [-0.2, 0) is 11.3 Å². The third kappa shape index (κ3) is 5.31. The molecule has 1 aromatic rings. The Kier molecular flexibility index (Phi) is 5.62. The Labute approximate surface area is 105 Å². The maximum Gasteiger partial charge on any atom is 0.0626 e. The first-order chi connectivity index (χ1) is 8.01. The lowest BCUT2D eigenvalue weighted by atomic mass is 10.1. The quantitative estimate of drug-likeness (QED) is 0.817. The maximum atomic E-state index is 5.93. The van der Waals surface area contributed by atoms with E-state index in [4.69, 9.17) is 10.5 Å². The Bertz CT molecular complexity index is 332. The molecule has 3 nitrogen and oxygen atoms in total. The molecule has 0 saturated carbocycles. The van der Waals surface area contributed by atoms with Crippen molar-refractivity contribution >= 4 is 0 Å². The summed E-state index contributed by atoms with van der Waals surface area (Å²) in [5.41, 5.74) is 9.90. The lowest BCUT2D eigenvalue weighted by Gasteiger charge is -2.21. The molecule has 0 heterocycles. The summed E-state index contributed by atoms with van der Waals surface area (Å²) in [6, 6.07) is 6.73. The molecule has 0 amide bonds. The van der Waals surface area contributed by atoms with E-state index in [1.54, 1.807) is 7.11 Å². The van der Waals surface area contributed by atoms with Crippen molar-refractivity contribution in [3.8, 4) is 0 Å². The first kappa shape index (κ1) is 14.2. The van der Waals surface area contributed by atoms with E-state index < -0.39 is 0 Å². The van der Waals surface area contributed by atoms with Crippen LogP contribution in [-0.4, -0.2) is 38.3 Å². The van der Waals surface area contributed by atoms with Crippen LogP contribution in [0.1, 0.15) is 16.7 Å². The first-order valence-electron chi connectivity index (χ1n) is 6.01. The van der Waals surface area contributed by atoms with Gasteiger partial charge in [0.05, 0.1) is 6.61 Å². The van der Waals surface area contributed by atoms with Gasteiger partial charge in [-0.15, -0.1) is 0 Å². The smallest absolute Gasteiger partial charge is 0.0626 e. The number of ether oxygens (including phenoxy) is 1. The number of hydrogen-bond acceptors (Lipinski definition) is 3. The van der Waals surface area contributed by atoms with E-state index in [0.29, 0.717) is 6.61 Å². The van der Waals surface area contributed by atoms with E-state index >= 15 is 0 Å². The summed E-state index contributed by atoms with van der Waals surface area (Å²) in [5.74, 6) is 0. The second-order valence-corrected chi connectivity index (χ2v) is 4.91. The van der Waals surface area contributed by atoms with Gasteiger partial charge >= 0.3 is 0 Å². The van der Waals surface area contributed by atoms with Gasteiger partial charge in [0.1, 0.15) is 0 Å². The number of aryl methyl sites for hydroxylation is 2. The fourth-order valence-corrected chi connectivity index (χ4v) is 2.20. The zero-order valence-corrected chi connectivity index (χ0v) is 11.4. The van der Waals surface area contributed by atoms with Gasteiger partial charge in [0.25, 0.3) is 0 Å². The standard InChI is InChI=1S/C14H24N2O/c1-11-5-12(2)7-13(6-11)8-16(3)9-14(15)10-17-4/h5-7,14H,8-10,15H2,1-4H3. The number of methoxy groups -OCH3 is 1. The van der Waals surface area contributed by atoms with Crippen molar-refractivity contribution in [3.63, 3.8) is 0 Å². The second-order valence-electron chi connectivity index (χ2n) is 4.91. The van der Waals surface area contributed by atoms with E-state index in [2.05, 4.69) is 44.0 Å². The highest BCUT2D eigenvalue weighted by Crippen LogP contribution is 2.10. The number of nitrogens with zero attached hydrogens (tertiary/aromatic N) is 1. The summed E-state index contributed by atoms with van der Waals surface area (Å²) < 4.78 is 5.04. The highest BCUT2D eigenvalue weighted by Gasteiger charge is 2.07. The van der Waals surface area contributed by atoms with Crippen LogP contribution in [0.5, 0.6) is 0 Å². The molecule has 3 heteroatoms. The van der Waals surface area contributed by atoms with Crippen LogP contribution in [0.4, 0.5) is 0 Å². The van der Waals surface area contributed by atoms with Gasteiger partial charge in [-0.25, -0.2) is 0 Å². The van der Waals surface area contributed by atoms with E-state index in [1.165, 1.54) is 16.7 Å². The van der Waals surface area contributed by atoms with Gasteiger partial charge in [0.15, 0.2) is 0 Å². The molecule has 2 N–H and O–H groups in total. The van der Waals surface area contributed by atoms with Crippen molar-refractivity contribution in [1.82, 2.24) is 4.90 Å². The molecule has 0 bridgehead atoms. The molecule has 0 fully saturated rings. The molecule has 1 aromatic carbocycles. The minimum atomic E-state index is 0.0795. The molecule has 0 aliphatic carbocycles. The molecular weight excluding hydrogens is 212 g/mol. The first-order valence-corrected chi connectivity index (χ1v) is 6.01. The molecule has 0 aliphatic heterocycles. The Morgan fingerprint density at radius 2 is 1.82 bits per heavy atom. The summed E-state index contributed by atoms with van der Waals surface area (Å²) in [7, 11) is 3.77. The predicted octanol–water partition coefficient (Wildman–Crippen LogP) is 1.71. The molecule has 96 valence electrons. The fraction of sp³-hybridized carbons (Fsp3) is 0.571. The molecule has 0 saturated heterocycles. The highest BCUT2D eigenvalue weighted by atomic mass is 16.5. The van der Waals surface area contributed by atoms with E-state index in [9.17, 15) is 0 Å². The number of nitrogens with two attached hydrogens (primary N) is 1. The number of hydrogen-bond donors (Lipinski definition) is 1. The van der Waals surface area contributed by atoms with Crippen molar-refractivity contribution in [2.24, 2.45) is 5.73 Å². The average molecular weight is 236 g/mol. The minimum absolute atomic E-state index is 0.0795. The summed E-state index contributed by atoms with van der Waals surface area (Å²) in [5, 5.41) is 0. The number of likely N-dealkylation sites (N-methyl/N-ethyl adjacent to an activating group) is 1. The van der Waals surface area contributed by atoms with Crippen molar-refractivity contribution in [2.75, 3.05) is 27.3 Å². The SMILES string of the molecule is COCC(N)CN(C)Cc1cc(C)cc(C)c1. The van der Waals surface area contributed by atoms with Crippen LogP contribution >= 0.6 is 0 Å². The minimum Gasteiger partial charge on any atom is -0.383 e. The van der Waals surface area contributed by atoms with Crippen LogP contribution < -0.4 is 5.73 Å². The van der Waals surface area contributed by atoms with Gasteiger partial charge in [0, 0.05) is 26.2 Å². The Morgan fingerprint density at radius 1 is 1.24 bits per heavy atom. The monoisotopic (exact) mass is 236 g/mol. The second kappa shape index (κ2) is 6.74. The largest absolute Gasteiger partial charge is 0.383 e. The van der Waals surface area contributed by atoms with Gasteiger partial charge in [-0.3, -0.25) is 0 Å². The summed E-state index contributed by atoms with van der Waals surface area (Å²) in [6.45, 7) is 6.65. The molecule has 1 rings (SSSR count). The average Bonchev–Trinajstić information content (AvgIpc) is 2.14. The van der Waals surface area contributed by atoms with Crippen molar-refractivity contribution in [3.05, 3.63) is 34.9 Å². The van der Waals surface area contributed by atoms with E-state index in [-0.39, 0.29) is 6.04 Å². The van der Waals surface area contributed by atoms with E-state index in [0.717, 1.165) is 13.1 Å². The van der Waals surface area contributed by atoms with Crippen molar-refractivity contribution < 1.29 is 4.74 Å². The van der Waals surface area contributed by atoms with Crippen LogP contribution in [0, 0.1) is 13.8 Å². The highest BCUT2D eigenvalue weighted by molar-refractivity contribution is 5.28. The zero-order chi connectivity index (χ0) is 12.8. The van der Waals surface area contributed by atoms with Crippen LogP contribution in [0.25, 0.3) is 0 Å². The fourth-order valence-electron chi connectivity index (χ4n) is 2.20. The number of benzene rings is 1. The summed E-state index contributed by atoms with van der Waals surface area (Å²) in [4.78, 5) is 2.23. The summed E-state index contributed by atoms with van der Waals surface area (Å²) in [6.07, 6.45) is 0.